The molecule has 1 aromatic heterocycles. The van der Waals surface area contributed by atoms with Crippen LogP contribution < -0.4 is 15.2 Å². The first-order valence-electron chi connectivity index (χ1n) is 13.7. The number of halogens is 1. The summed E-state index contributed by atoms with van der Waals surface area (Å²) in [5.41, 5.74) is 1.36. The van der Waals surface area contributed by atoms with Crippen molar-refractivity contribution in [2.45, 2.75) is 51.2 Å². The highest BCUT2D eigenvalue weighted by molar-refractivity contribution is 7.88. The lowest BCUT2D eigenvalue weighted by Crippen LogP contribution is -2.49. The Labute approximate surface area is 236 Å². The fraction of sp³-hybridized carbons (Fsp3) is 0.448. The van der Waals surface area contributed by atoms with Crippen LogP contribution in [0.25, 0.3) is 5.69 Å². The molecule has 210 valence electrons. The summed E-state index contributed by atoms with van der Waals surface area (Å²) in [5.74, 6) is 0.550. The van der Waals surface area contributed by atoms with Gasteiger partial charge in [0.25, 0.3) is 5.56 Å². The predicted octanol–water partition coefficient (Wildman–Crippen LogP) is 5.28. The summed E-state index contributed by atoms with van der Waals surface area (Å²) in [6.45, 7) is 4.22. The maximum absolute atomic E-state index is 13.3. The molecule has 0 N–H and O–H groups in total. The van der Waals surface area contributed by atoms with Gasteiger partial charge in [0.1, 0.15) is 16.5 Å². The van der Waals surface area contributed by atoms with Gasteiger partial charge in [-0.3, -0.25) is 4.79 Å². The molecule has 0 radical (unpaired) electrons. The van der Waals surface area contributed by atoms with E-state index in [1.54, 1.807) is 12.3 Å². The van der Waals surface area contributed by atoms with E-state index in [0.717, 1.165) is 18.4 Å². The number of anilines is 1. The molecule has 0 unspecified atom stereocenters. The van der Waals surface area contributed by atoms with Crippen molar-refractivity contribution >= 4 is 27.3 Å². The minimum absolute atomic E-state index is 0.0352. The number of piperazine rings is 1. The van der Waals surface area contributed by atoms with Gasteiger partial charge in [-0.15, -0.1) is 0 Å². The average molecular weight is 573 g/mol. The minimum atomic E-state index is -3.45. The number of aromatic nitrogens is 2. The van der Waals surface area contributed by atoms with Crippen LogP contribution >= 0.6 is 11.6 Å². The number of hydrogen-bond donors (Lipinski definition) is 0. The van der Waals surface area contributed by atoms with Crippen LogP contribution in [0.15, 0.2) is 65.6 Å². The first-order valence-corrected chi connectivity index (χ1v) is 15.7. The van der Waals surface area contributed by atoms with Gasteiger partial charge in [-0.2, -0.15) is 14.1 Å². The van der Waals surface area contributed by atoms with Gasteiger partial charge in [-0.1, -0.05) is 93.1 Å². The van der Waals surface area contributed by atoms with Gasteiger partial charge >= 0.3 is 0 Å². The van der Waals surface area contributed by atoms with E-state index < -0.39 is 15.6 Å². The fourth-order valence-corrected chi connectivity index (χ4v) is 6.48. The Balaban J connectivity index is 1.40. The Hall–Kier alpha value is -2.88. The summed E-state index contributed by atoms with van der Waals surface area (Å²) in [4.78, 5) is 15.2. The SMILES string of the molecule is CCCCCCCCOc1ccccc1-n1ncc(N2CCN(S(=O)(=O)Cc3ccccc3)CC2)c(Cl)c1=O. The van der Waals surface area contributed by atoms with Gasteiger partial charge in [0.2, 0.25) is 10.0 Å². The lowest BCUT2D eigenvalue weighted by Gasteiger charge is -2.35. The van der Waals surface area contributed by atoms with Crippen LogP contribution in [0.3, 0.4) is 0 Å². The molecule has 0 atom stereocenters. The van der Waals surface area contributed by atoms with Crippen molar-refractivity contribution in [2.24, 2.45) is 0 Å². The zero-order valence-electron chi connectivity index (χ0n) is 22.5. The van der Waals surface area contributed by atoms with Crippen molar-refractivity contribution in [3.8, 4) is 11.4 Å². The van der Waals surface area contributed by atoms with E-state index in [2.05, 4.69) is 12.0 Å². The molecule has 1 fully saturated rings. The first-order chi connectivity index (χ1) is 18.9. The molecule has 0 aliphatic carbocycles. The average Bonchev–Trinajstić information content (AvgIpc) is 2.95. The van der Waals surface area contributed by atoms with Crippen molar-refractivity contribution in [3.05, 3.63) is 81.7 Å². The second kappa shape index (κ2) is 14.0. The molecule has 2 heterocycles. The number of sulfonamides is 1. The second-order valence-corrected chi connectivity index (χ2v) is 12.1. The van der Waals surface area contributed by atoms with Gasteiger partial charge in [-0.05, 0) is 24.1 Å². The molecule has 39 heavy (non-hydrogen) atoms. The van der Waals surface area contributed by atoms with E-state index in [4.69, 9.17) is 16.3 Å². The quantitative estimate of drug-likeness (QED) is 0.259. The standard InChI is InChI=1S/C29H37ClN4O4S/c1-2-3-4-5-6-12-21-38-27-16-11-10-15-25(27)34-29(35)28(30)26(22-31-34)32-17-19-33(20-18-32)39(36,37)23-24-13-8-7-9-14-24/h7-11,13-16,22H,2-6,12,17-21,23H2,1H3. The highest BCUT2D eigenvalue weighted by Crippen LogP contribution is 2.26. The van der Waals surface area contributed by atoms with Crippen molar-refractivity contribution in [2.75, 3.05) is 37.7 Å². The Morgan fingerprint density at radius 3 is 2.28 bits per heavy atom. The van der Waals surface area contributed by atoms with Crippen molar-refractivity contribution in [1.82, 2.24) is 14.1 Å². The fourth-order valence-electron chi connectivity index (χ4n) is 4.72. The highest BCUT2D eigenvalue weighted by Gasteiger charge is 2.29. The van der Waals surface area contributed by atoms with E-state index in [-0.39, 0.29) is 10.8 Å². The molecule has 1 aliphatic heterocycles. The van der Waals surface area contributed by atoms with E-state index in [1.165, 1.54) is 34.7 Å². The predicted molar refractivity (Wildman–Crippen MR) is 157 cm³/mol. The number of benzene rings is 2. The van der Waals surface area contributed by atoms with Crippen molar-refractivity contribution < 1.29 is 13.2 Å². The normalized spacial score (nSPS) is 14.5. The molecule has 0 amide bonds. The monoisotopic (exact) mass is 572 g/mol. The summed E-state index contributed by atoms with van der Waals surface area (Å²) in [7, 11) is -3.45. The van der Waals surface area contributed by atoms with Crippen LogP contribution in [0.5, 0.6) is 5.75 Å². The smallest absolute Gasteiger partial charge is 0.292 e. The minimum Gasteiger partial charge on any atom is -0.491 e. The van der Waals surface area contributed by atoms with E-state index in [1.807, 2.05) is 53.4 Å². The Morgan fingerprint density at radius 1 is 0.872 bits per heavy atom. The Morgan fingerprint density at radius 2 is 1.54 bits per heavy atom. The van der Waals surface area contributed by atoms with Crippen molar-refractivity contribution in [1.29, 1.82) is 0 Å². The number of nitrogens with zero attached hydrogens (tertiary/aromatic N) is 4. The maximum Gasteiger partial charge on any atom is 0.292 e. The molecular weight excluding hydrogens is 536 g/mol. The molecule has 1 aliphatic rings. The lowest BCUT2D eigenvalue weighted by molar-refractivity contribution is 0.302. The molecule has 0 bridgehead atoms. The third-order valence-electron chi connectivity index (χ3n) is 6.91. The van der Waals surface area contributed by atoms with Gasteiger partial charge in [-0.25, -0.2) is 8.42 Å². The summed E-state index contributed by atoms with van der Waals surface area (Å²) < 4.78 is 34.6. The molecule has 0 saturated carbocycles. The molecule has 3 aromatic rings. The number of para-hydroxylation sites is 2. The molecule has 4 rings (SSSR count). The summed E-state index contributed by atoms with van der Waals surface area (Å²) in [6, 6.07) is 16.5. The van der Waals surface area contributed by atoms with E-state index in [0.29, 0.717) is 49.9 Å². The van der Waals surface area contributed by atoms with Crippen LogP contribution in [-0.2, 0) is 15.8 Å². The summed E-state index contributed by atoms with van der Waals surface area (Å²) >= 11 is 6.57. The Kier molecular flexibility index (Phi) is 10.4. The second-order valence-electron chi connectivity index (χ2n) is 9.77. The molecule has 8 nitrogen and oxygen atoms in total. The number of ether oxygens (including phenoxy) is 1. The number of unbranched alkanes of at least 4 members (excludes halogenated alkanes) is 5. The molecule has 0 spiro atoms. The zero-order chi connectivity index (χ0) is 27.7. The third-order valence-corrected chi connectivity index (χ3v) is 9.12. The summed E-state index contributed by atoms with van der Waals surface area (Å²) in [6.07, 6.45) is 8.56. The highest BCUT2D eigenvalue weighted by atomic mass is 35.5. The van der Waals surface area contributed by atoms with Gasteiger partial charge < -0.3 is 9.64 Å². The van der Waals surface area contributed by atoms with Gasteiger partial charge in [0.05, 0.1) is 24.2 Å². The van der Waals surface area contributed by atoms with Gasteiger partial charge in [0, 0.05) is 26.2 Å². The molecule has 10 heteroatoms. The summed E-state index contributed by atoms with van der Waals surface area (Å²) in [5, 5.41) is 4.47. The molecular formula is C29H37ClN4O4S. The zero-order valence-corrected chi connectivity index (χ0v) is 24.0. The first kappa shape index (κ1) is 29.1. The van der Waals surface area contributed by atoms with Gasteiger partial charge in [0.15, 0.2) is 0 Å². The van der Waals surface area contributed by atoms with Crippen LogP contribution in [-0.4, -0.2) is 55.3 Å². The van der Waals surface area contributed by atoms with Crippen LogP contribution in [0, 0.1) is 0 Å². The van der Waals surface area contributed by atoms with Crippen LogP contribution in [0.1, 0.15) is 51.0 Å². The van der Waals surface area contributed by atoms with Crippen molar-refractivity contribution in [3.63, 3.8) is 0 Å². The number of hydrogen-bond acceptors (Lipinski definition) is 6. The van der Waals surface area contributed by atoms with Crippen LogP contribution in [0.4, 0.5) is 5.69 Å². The number of rotatable bonds is 13. The largest absolute Gasteiger partial charge is 0.491 e. The van der Waals surface area contributed by atoms with Crippen LogP contribution in [0.2, 0.25) is 5.02 Å². The maximum atomic E-state index is 13.3. The lowest BCUT2D eigenvalue weighted by atomic mass is 10.1. The van der Waals surface area contributed by atoms with E-state index >= 15 is 0 Å². The topological polar surface area (TPSA) is 84.7 Å². The molecule has 2 aromatic carbocycles. The third kappa shape index (κ3) is 7.62. The molecule has 1 saturated heterocycles. The van der Waals surface area contributed by atoms with E-state index in [9.17, 15) is 13.2 Å². The Bertz CT molecular complexity index is 1370.